The van der Waals surface area contributed by atoms with Gasteiger partial charge in [0.1, 0.15) is 11.1 Å². The van der Waals surface area contributed by atoms with E-state index < -0.39 is 0 Å². The van der Waals surface area contributed by atoms with Gasteiger partial charge >= 0.3 is 0 Å². The van der Waals surface area contributed by atoms with Gasteiger partial charge in [0, 0.05) is 17.1 Å². The molecule has 0 aliphatic heterocycles. The van der Waals surface area contributed by atoms with E-state index in [-0.39, 0.29) is 5.60 Å². The van der Waals surface area contributed by atoms with Gasteiger partial charge in [-0.25, -0.2) is 4.98 Å². The monoisotopic (exact) mass is 233 g/mol. The Hall–Kier alpha value is -1.58. The van der Waals surface area contributed by atoms with Crippen LogP contribution in [-0.2, 0) is 0 Å². The Bertz CT molecular complexity index is 514. The van der Waals surface area contributed by atoms with Gasteiger partial charge in [0.15, 0.2) is 0 Å². The molecule has 92 valence electrons. The van der Waals surface area contributed by atoms with Gasteiger partial charge in [-0.05, 0) is 26.7 Å². The molecule has 0 aromatic carbocycles. The number of hydrogen-bond donors (Lipinski definition) is 1. The summed E-state index contributed by atoms with van der Waals surface area (Å²) in [5, 5.41) is 8.15. The maximum absolute atomic E-state index is 5.79. The van der Waals surface area contributed by atoms with Crippen molar-refractivity contribution < 1.29 is 4.74 Å². The Morgan fingerprint density at radius 1 is 1.35 bits per heavy atom. The Kier molecular flexibility index (Phi) is 3.05. The van der Waals surface area contributed by atoms with Crippen LogP contribution in [0.3, 0.4) is 0 Å². The molecular weight excluding hydrogens is 214 g/mol. The van der Waals surface area contributed by atoms with E-state index in [1.165, 1.54) is 0 Å². The van der Waals surface area contributed by atoms with Gasteiger partial charge in [-0.1, -0.05) is 13.8 Å². The van der Waals surface area contributed by atoms with Crippen molar-refractivity contribution in [2.24, 2.45) is 0 Å². The second-order valence-corrected chi connectivity index (χ2v) is 4.44. The molecule has 0 amide bonds. The maximum Gasteiger partial charge on any atom is 0.214 e. The summed E-state index contributed by atoms with van der Waals surface area (Å²) in [4.78, 5) is 4.24. The molecule has 1 aliphatic rings. The summed E-state index contributed by atoms with van der Waals surface area (Å²) in [6, 6.07) is 1.96. The number of aromatic amines is 1. The first-order valence-corrected chi connectivity index (χ1v) is 6.16. The van der Waals surface area contributed by atoms with Crippen LogP contribution >= 0.6 is 0 Å². The summed E-state index contributed by atoms with van der Waals surface area (Å²) in [7, 11) is 0. The summed E-state index contributed by atoms with van der Waals surface area (Å²) in [6.07, 6.45) is 3.99. The van der Waals surface area contributed by atoms with Crippen LogP contribution in [0.15, 0.2) is 12.3 Å². The number of nitrogens with zero attached hydrogens (tertiary/aromatic N) is 2. The standard InChI is InChI=1S/C11H13N3O.C2H6/c1-7-8-5-10(15-11(2)3-4-11)12-6-9(8)14-13-7;1-2/h5-6H,3-4H2,1-2H3,(H,13,14);1-2H3. The first kappa shape index (κ1) is 11.9. The highest BCUT2D eigenvalue weighted by molar-refractivity contribution is 5.81. The van der Waals surface area contributed by atoms with Gasteiger partial charge in [-0.15, -0.1) is 0 Å². The molecule has 1 fully saturated rings. The average Bonchev–Trinajstić information content (AvgIpc) is 2.95. The van der Waals surface area contributed by atoms with Crippen molar-refractivity contribution in [1.82, 2.24) is 15.2 Å². The van der Waals surface area contributed by atoms with E-state index in [2.05, 4.69) is 22.1 Å². The smallest absolute Gasteiger partial charge is 0.214 e. The van der Waals surface area contributed by atoms with Crippen molar-refractivity contribution in [1.29, 1.82) is 0 Å². The molecule has 2 heterocycles. The zero-order valence-electron chi connectivity index (χ0n) is 10.9. The number of ether oxygens (including phenoxy) is 1. The van der Waals surface area contributed by atoms with Gasteiger partial charge in [0.05, 0.1) is 6.20 Å². The Balaban J connectivity index is 0.000000514. The summed E-state index contributed by atoms with van der Waals surface area (Å²) >= 11 is 0. The maximum atomic E-state index is 5.79. The van der Waals surface area contributed by atoms with E-state index in [9.17, 15) is 0 Å². The van der Waals surface area contributed by atoms with Gasteiger partial charge in [-0.2, -0.15) is 5.10 Å². The molecule has 17 heavy (non-hydrogen) atoms. The third-order valence-corrected chi connectivity index (χ3v) is 2.91. The van der Waals surface area contributed by atoms with Crippen LogP contribution in [0.2, 0.25) is 0 Å². The van der Waals surface area contributed by atoms with E-state index in [1.54, 1.807) is 6.20 Å². The molecule has 1 saturated carbocycles. The number of rotatable bonds is 2. The molecule has 2 aromatic heterocycles. The van der Waals surface area contributed by atoms with Crippen molar-refractivity contribution in [3.05, 3.63) is 18.0 Å². The van der Waals surface area contributed by atoms with Crippen LogP contribution in [-0.4, -0.2) is 20.8 Å². The number of pyridine rings is 1. The minimum Gasteiger partial charge on any atom is -0.471 e. The number of aromatic nitrogens is 3. The topological polar surface area (TPSA) is 50.8 Å². The van der Waals surface area contributed by atoms with Crippen LogP contribution in [0.4, 0.5) is 0 Å². The van der Waals surface area contributed by atoms with Crippen LogP contribution in [0.5, 0.6) is 5.88 Å². The largest absolute Gasteiger partial charge is 0.471 e. The molecule has 4 nitrogen and oxygen atoms in total. The molecule has 2 aromatic rings. The number of fused-ring (bicyclic) bond motifs is 1. The lowest BCUT2D eigenvalue weighted by Gasteiger charge is -2.10. The Labute approximate surface area is 101 Å². The van der Waals surface area contributed by atoms with Gasteiger partial charge < -0.3 is 4.74 Å². The van der Waals surface area contributed by atoms with E-state index in [0.717, 1.165) is 29.4 Å². The predicted molar refractivity (Wildman–Crippen MR) is 68.2 cm³/mol. The number of hydrogen-bond acceptors (Lipinski definition) is 3. The van der Waals surface area contributed by atoms with E-state index >= 15 is 0 Å². The number of H-pyrrole nitrogens is 1. The summed E-state index contributed by atoms with van der Waals surface area (Å²) < 4.78 is 5.79. The van der Waals surface area contributed by atoms with Gasteiger partial charge in [0.2, 0.25) is 5.88 Å². The first-order chi connectivity index (χ1) is 8.16. The van der Waals surface area contributed by atoms with Crippen molar-refractivity contribution in [2.45, 2.75) is 46.1 Å². The number of nitrogens with one attached hydrogen (secondary N) is 1. The van der Waals surface area contributed by atoms with Crippen molar-refractivity contribution >= 4 is 10.9 Å². The summed E-state index contributed by atoms with van der Waals surface area (Å²) in [5.41, 5.74) is 1.97. The molecule has 0 radical (unpaired) electrons. The Morgan fingerprint density at radius 2 is 2.06 bits per heavy atom. The third kappa shape index (κ3) is 2.40. The first-order valence-electron chi connectivity index (χ1n) is 6.16. The zero-order valence-corrected chi connectivity index (χ0v) is 10.9. The van der Waals surface area contributed by atoms with Gasteiger partial charge in [0.25, 0.3) is 0 Å². The van der Waals surface area contributed by atoms with Crippen molar-refractivity contribution in [2.75, 3.05) is 0 Å². The molecule has 0 atom stereocenters. The van der Waals surface area contributed by atoms with Crippen LogP contribution in [0, 0.1) is 6.92 Å². The highest BCUT2D eigenvalue weighted by Crippen LogP contribution is 2.39. The van der Waals surface area contributed by atoms with E-state index in [4.69, 9.17) is 4.74 Å². The molecule has 0 unspecified atom stereocenters. The lowest BCUT2D eigenvalue weighted by Crippen LogP contribution is -2.12. The average molecular weight is 233 g/mol. The van der Waals surface area contributed by atoms with E-state index in [0.29, 0.717) is 5.88 Å². The fraction of sp³-hybridized carbons (Fsp3) is 0.538. The fourth-order valence-corrected chi connectivity index (χ4v) is 1.61. The fourth-order valence-electron chi connectivity index (χ4n) is 1.61. The second kappa shape index (κ2) is 4.35. The third-order valence-electron chi connectivity index (χ3n) is 2.91. The molecule has 4 heteroatoms. The molecule has 1 aliphatic carbocycles. The molecule has 1 N–H and O–H groups in total. The lowest BCUT2D eigenvalue weighted by molar-refractivity contribution is 0.192. The number of aryl methyl sites for hydroxylation is 1. The van der Waals surface area contributed by atoms with Crippen LogP contribution in [0.1, 0.15) is 39.3 Å². The quantitative estimate of drug-likeness (QED) is 0.866. The minimum atomic E-state index is 0.0261. The molecule has 0 spiro atoms. The van der Waals surface area contributed by atoms with Crippen LogP contribution < -0.4 is 4.74 Å². The highest BCUT2D eigenvalue weighted by atomic mass is 16.5. The van der Waals surface area contributed by atoms with E-state index in [1.807, 2.05) is 26.8 Å². The predicted octanol–water partition coefficient (Wildman–Crippen LogP) is 3.22. The Morgan fingerprint density at radius 3 is 2.71 bits per heavy atom. The summed E-state index contributed by atoms with van der Waals surface area (Å²) in [6.45, 7) is 8.11. The summed E-state index contributed by atoms with van der Waals surface area (Å²) in [5.74, 6) is 0.701. The molecule has 0 saturated heterocycles. The highest BCUT2D eigenvalue weighted by Gasteiger charge is 2.40. The van der Waals surface area contributed by atoms with Crippen molar-refractivity contribution in [3.63, 3.8) is 0 Å². The van der Waals surface area contributed by atoms with Gasteiger partial charge in [-0.3, -0.25) is 5.10 Å². The lowest BCUT2D eigenvalue weighted by atomic mass is 10.2. The molecular formula is C13H19N3O. The molecule has 3 rings (SSSR count). The molecule has 0 bridgehead atoms. The SMILES string of the molecule is CC.Cc1[nH]nc2cnc(OC3(C)CC3)cc12. The second-order valence-electron chi connectivity index (χ2n) is 4.44. The normalized spacial score (nSPS) is 16.2. The van der Waals surface area contributed by atoms with Crippen molar-refractivity contribution in [3.8, 4) is 5.88 Å². The zero-order chi connectivity index (χ0) is 12.5. The minimum absolute atomic E-state index is 0.0261. The van der Waals surface area contributed by atoms with Crippen LogP contribution in [0.25, 0.3) is 10.9 Å².